The fourth-order valence-electron chi connectivity index (χ4n) is 2.11. The topological polar surface area (TPSA) is 35.5 Å². The molecular weight excluding hydrogens is 188 g/mol. The molecule has 0 fully saturated rings. The number of hydrogen-bond donors (Lipinski definition) is 2. The highest BCUT2D eigenvalue weighted by molar-refractivity contribution is 4.74. The van der Waals surface area contributed by atoms with Crippen molar-refractivity contribution >= 4 is 0 Å². The normalized spacial score (nSPS) is 13.8. The molecule has 3 nitrogen and oxygen atoms in total. The van der Waals surface area contributed by atoms with Gasteiger partial charge in [0.05, 0.1) is 0 Å². The molecule has 2 N–H and O–H groups in total. The molecule has 0 radical (unpaired) electrons. The van der Waals surface area contributed by atoms with E-state index in [2.05, 4.69) is 38.0 Å². The Hall–Kier alpha value is -0.120. The fraction of sp³-hybridized carbons (Fsp3) is 1.00. The van der Waals surface area contributed by atoms with E-state index in [-0.39, 0.29) is 6.61 Å². The Bertz CT molecular complexity index is 132. The van der Waals surface area contributed by atoms with E-state index in [1.165, 1.54) is 12.8 Å². The summed E-state index contributed by atoms with van der Waals surface area (Å²) in [7, 11) is 2.18. The van der Waals surface area contributed by atoms with Gasteiger partial charge in [0.1, 0.15) is 0 Å². The van der Waals surface area contributed by atoms with Crippen LogP contribution in [0.15, 0.2) is 0 Å². The number of rotatable bonds is 9. The quantitative estimate of drug-likeness (QED) is 0.612. The van der Waals surface area contributed by atoms with Crippen LogP contribution in [-0.2, 0) is 0 Å². The summed E-state index contributed by atoms with van der Waals surface area (Å²) in [6.45, 7) is 8.86. The molecule has 3 heteroatoms. The van der Waals surface area contributed by atoms with Gasteiger partial charge in [-0.2, -0.15) is 0 Å². The first-order valence-electron chi connectivity index (χ1n) is 6.23. The number of likely N-dealkylation sites (N-methyl/N-ethyl adjacent to an activating group) is 2. The predicted molar refractivity (Wildman–Crippen MR) is 66.2 cm³/mol. The van der Waals surface area contributed by atoms with E-state index in [4.69, 9.17) is 5.11 Å². The van der Waals surface area contributed by atoms with Crippen LogP contribution in [0.25, 0.3) is 0 Å². The maximum absolute atomic E-state index is 8.97. The van der Waals surface area contributed by atoms with Gasteiger partial charge in [0.25, 0.3) is 0 Å². The van der Waals surface area contributed by atoms with Crippen LogP contribution in [0.5, 0.6) is 0 Å². The lowest BCUT2D eigenvalue weighted by Crippen LogP contribution is -2.43. The molecule has 15 heavy (non-hydrogen) atoms. The second-order valence-corrected chi connectivity index (χ2v) is 4.18. The third-order valence-corrected chi connectivity index (χ3v) is 3.04. The Kier molecular flexibility index (Phi) is 9.06. The molecule has 0 saturated carbocycles. The summed E-state index contributed by atoms with van der Waals surface area (Å²) in [5.41, 5.74) is 0. The number of nitrogens with one attached hydrogen (secondary N) is 1. The smallest absolute Gasteiger partial charge is 0.0446 e. The monoisotopic (exact) mass is 216 g/mol. The minimum atomic E-state index is 0.272. The first-order chi connectivity index (χ1) is 7.19. The van der Waals surface area contributed by atoms with Crippen LogP contribution in [0.4, 0.5) is 0 Å². The Labute approximate surface area is 94.9 Å². The van der Waals surface area contributed by atoms with Gasteiger partial charge >= 0.3 is 0 Å². The Morgan fingerprint density at radius 2 is 1.80 bits per heavy atom. The first kappa shape index (κ1) is 14.9. The summed E-state index contributed by atoms with van der Waals surface area (Å²) in [5.74, 6) is 0. The van der Waals surface area contributed by atoms with E-state index in [1.54, 1.807) is 0 Å². The van der Waals surface area contributed by atoms with E-state index >= 15 is 0 Å². The van der Waals surface area contributed by atoms with Crippen LogP contribution in [0.3, 0.4) is 0 Å². The third-order valence-electron chi connectivity index (χ3n) is 3.04. The van der Waals surface area contributed by atoms with Crippen LogP contribution in [0.1, 0.15) is 40.0 Å². The van der Waals surface area contributed by atoms with Gasteiger partial charge in [-0.1, -0.05) is 20.8 Å². The van der Waals surface area contributed by atoms with Gasteiger partial charge in [0.15, 0.2) is 0 Å². The van der Waals surface area contributed by atoms with Gasteiger partial charge < -0.3 is 15.3 Å². The molecular formula is C12H28N2O. The molecule has 0 spiro atoms. The van der Waals surface area contributed by atoms with Gasteiger partial charge in [0, 0.05) is 25.2 Å². The highest BCUT2D eigenvalue weighted by Gasteiger charge is 2.15. The van der Waals surface area contributed by atoms with Crippen LogP contribution in [0.2, 0.25) is 0 Å². The molecule has 92 valence electrons. The van der Waals surface area contributed by atoms with Crippen LogP contribution >= 0.6 is 0 Å². The van der Waals surface area contributed by atoms with Gasteiger partial charge in [-0.05, 0) is 32.9 Å². The number of nitrogens with zero attached hydrogens (tertiary/aromatic N) is 1. The highest BCUT2D eigenvalue weighted by Crippen LogP contribution is 2.07. The summed E-state index contributed by atoms with van der Waals surface area (Å²) < 4.78 is 0. The third kappa shape index (κ3) is 6.13. The molecule has 0 amide bonds. The number of aliphatic hydroxyl groups is 1. The Morgan fingerprint density at radius 1 is 1.20 bits per heavy atom. The summed E-state index contributed by atoms with van der Waals surface area (Å²) in [6, 6.07) is 1.09. The SMILES string of the molecule is CCNC(CCO)CN(C)C(CC)CC. The van der Waals surface area contributed by atoms with Crippen molar-refractivity contribution in [1.82, 2.24) is 10.2 Å². The summed E-state index contributed by atoms with van der Waals surface area (Å²) >= 11 is 0. The summed E-state index contributed by atoms with van der Waals surface area (Å²) in [5, 5.41) is 12.4. The number of hydrogen-bond acceptors (Lipinski definition) is 3. The molecule has 1 unspecified atom stereocenters. The lowest BCUT2D eigenvalue weighted by atomic mass is 10.1. The Balaban J connectivity index is 4.01. The van der Waals surface area contributed by atoms with Gasteiger partial charge in [0.2, 0.25) is 0 Å². The van der Waals surface area contributed by atoms with E-state index in [1.807, 2.05) is 0 Å². The lowest BCUT2D eigenvalue weighted by molar-refractivity contribution is 0.185. The second-order valence-electron chi connectivity index (χ2n) is 4.18. The highest BCUT2D eigenvalue weighted by atomic mass is 16.3. The maximum atomic E-state index is 8.97. The van der Waals surface area contributed by atoms with Gasteiger partial charge in [-0.3, -0.25) is 0 Å². The zero-order valence-electron chi connectivity index (χ0n) is 10.8. The average molecular weight is 216 g/mol. The molecule has 0 aliphatic carbocycles. The summed E-state index contributed by atoms with van der Waals surface area (Å²) in [4.78, 5) is 2.41. The Morgan fingerprint density at radius 3 is 2.20 bits per heavy atom. The standard InChI is InChI=1S/C12H28N2O/c1-5-12(6-2)14(4)10-11(8-9-15)13-7-3/h11-13,15H,5-10H2,1-4H3. The lowest BCUT2D eigenvalue weighted by Gasteiger charge is -2.30. The van der Waals surface area contributed by atoms with E-state index in [0.717, 1.165) is 19.5 Å². The van der Waals surface area contributed by atoms with Crippen LogP contribution < -0.4 is 5.32 Å². The predicted octanol–water partition coefficient (Wildman–Crippen LogP) is 1.47. The molecule has 0 aromatic carbocycles. The van der Waals surface area contributed by atoms with Crippen molar-refractivity contribution in [3.05, 3.63) is 0 Å². The van der Waals surface area contributed by atoms with Crippen LogP contribution in [-0.4, -0.2) is 48.8 Å². The van der Waals surface area contributed by atoms with Crippen molar-refractivity contribution in [3.8, 4) is 0 Å². The van der Waals surface area contributed by atoms with E-state index in [9.17, 15) is 0 Å². The molecule has 0 bridgehead atoms. The van der Waals surface area contributed by atoms with Crippen molar-refractivity contribution in [2.45, 2.75) is 52.1 Å². The molecule has 1 atom stereocenters. The maximum Gasteiger partial charge on any atom is 0.0446 e. The van der Waals surface area contributed by atoms with Crippen molar-refractivity contribution in [3.63, 3.8) is 0 Å². The molecule has 0 aromatic rings. The second kappa shape index (κ2) is 9.13. The van der Waals surface area contributed by atoms with E-state index < -0.39 is 0 Å². The molecule has 0 saturated heterocycles. The van der Waals surface area contributed by atoms with Crippen molar-refractivity contribution in [1.29, 1.82) is 0 Å². The van der Waals surface area contributed by atoms with Crippen LogP contribution in [0, 0.1) is 0 Å². The van der Waals surface area contributed by atoms with Gasteiger partial charge in [-0.15, -0.1) is 0 Å². The minimum Gasteiger partial charge on any atom is -0.396 e. The largest absolute Gasteiger partial charge is 0.396 e. The molecule has 0 aromatic heterocycles. The first-order valence-corrected chi connectivity index (χ1v) is 6.23. The molecule has 0 aliphatic heterocycles. The fourth-order valence-corrected chi connectivity index (χ4v) is 2.11. The van der Waals surface area contributed by atoms with Crippen molar-refractivity contribution in [2.75, 3.05) is 26.7 Å². The van der Waals surface area contributed by atoms with Crippen molar-refractivity contribution < 1.29 is 5.11 Å². The summed E-state index contributed by atoms with van der Waals surface area (Å²) in [6.07, 6.45) is 3.24. The zero-order valence-corrected chi connectivity index (χ0v) is 10.8. The zero-order chi connectivity index (χ0) is 11.7. The molecule has 0 heterocycles. The molecule has 0 aliphatic rings. The van der Waals surface area contributed by atoms with E-state index in [0.29, 0.717) is 12.1 Å². The molecule has 0 rings (SSSR count). The average Bonchev–Trinajstić information content (AvgIpc) is 2.20. The number of aliphatic hydroxyl groups excluding tert-OH is 1. The van der Waals surface area contributed by atoms with Crippen molar-refractivity contribution in [2.24, 2.45) is 0 Å². The minimum absolute atomic E-state index is 0.272. The van der Waals surface area contributed by atoms with Gasteiger partial charge in [-0.25, -0.2) is 0 Å².